The summed E-state index contributed by atoms with van der Waals surface area (Å²) in [6.07, 6.45) is 0.641. The Morgan fingerprint density at radius 1 is 0.886 bits per heavy atom. The number of amides is 2. The summed E-state index contributed by atoms with van der Waals surface area (Å²) in [7, 11) is 0. The molecule has 0 aliphatic carbocycles. The average molecular weight is 491 g/mol. The molecule has 4 nitrogen and oxygen atoms in total. The first-order valence-electron chi connectivity index (χ1n) is 12.1. The van der Waals surface area contributed by atoms with E-state index in [0.717, 1.165) is 22.3 Å². The van der Waals surface area contributed by atoms with Crippen LogP contribution in [-0.2, 0) is 29.0 Å². The van der Waals surface area contributed by atoms with Crippen LogP contribution in [-0.4, -0.2) is 29.3 Å². The van der Waals surface area contributed by atoms with Gasteiger partial charge in [-0.25, -0.2) is 0 Å². The Balaban J connectivity index is 1.98. The molecule has 5 heteroatoms. The smallest absolute Gasteiger partial charge is 0.243 e. The normalized spacial score (nSPS) is 11.8. The lowest BCUT2D eigenvalue weighted by atomic mass is 10.00. The highest BCUT2D eigenvalue weighted by Crippen LogP contribution is 2.22. The summed E-state index contributed by atoms with van der Waals surface area (Å²) < 4.78 is 0. The lowest BCUT2D eigenvalue weighted by molar-refractivity contribution is -0.140. The Hall–Kier alpha value is -3.11. The third-order valence-corrected chi connectivity index (χ3v) is 6.55. The third-order valence-electron chi connectivity index (χ3n) is 6.18. The van der Waals surface area contributed by atoms with E-state index in [0.29, 0.717) is 23.9 Å². The van der Waals surface area contributed by atoms with Crippen LogP contribution in [0.2, 0.25) is 5.02 Å². The van der Waals surface area contributed by atoms with Gasteiger partial charge < -0.3 is 10.2 Å². The number of carbonyl (C=O) groups excluding carboxylic acids is 2. The second-order valence-corrected chi connectivity index (χ2v) is 9.96. The number of hydrogen-bond acceptors (Lipinski definition) is 2. The van der Waals surface area contributed by atoms with Gasteiger partial charge >= 0.3 is 0 Å². The van der Waals surface area contributed by atoms with Gasteiger partial charge in [0.15, 0.2) is 0 Å². The van der Waals surface area contributed by atoms with Crippen molar-refractivity contribution in [2.75, 3.05) is 6.54 Å². The summed E-state index contributed by atoms with van der Waals surface area (Å²) in [5.74, 6) is 0.0522. The van der Waals surface area contributed by atoms with Crippen LogP contribution >= 0.6 is 11.6 Å². The highest BCUT2D eigenvalue weighted by molar-refractivity contribution is 6.31. The fourth-order valence-electron chi connectivity index (χ4n) is 3.98. The quantitative estimate of drug-likeness (QED) is 0.384. The maximum atomic E-state index is 13.8. The molecule has 35 heavy (non-hydrogen) atoms. The highest BCUT2D eigenvalue weighted by atomic mass is 35.5. The van der Waals surface area contributed by atoms with Gasteiger partial charge in [0.05, 0.1) is 6.42 Å². The molecule has 1 atom stereocenters. The molecule has 0 fully saturated rings. The number of benzene rings is 3. The Labute approximate surface area is 214 Å². The average Bonchev–Trinajstić information content (AvgIpc) is 2.83. The van der Waals surface area contributed by atoms with Gasteiger partial charge in [-0.05, 0) is 53.6 Å². The van der Waals surface area contributed by atoms with E-state index >= 15 is 0 Å². The van der Waals surface area contributed by atoms with Gasteiger partial charge in [-0.3, -0.25) is 9.59 Å². The van der Waals surface area contributed by atoms with Crippen LogP contribution < -0.4 is 5.32 Å². The zero-order valence-corrected chi connectivity index (χ0v) is 21.8. The first-order chi connectivity index (χ1) is 16.7. The van der Waals surface area contributed by atoms with Crippen LogP contribution in [0.25, 0.3) is 0 Å². The monoisotopic (exact) mass is 490 g/mol. The van der Waals surface area contributed by atoms with Crippen LogP contribution in [0.5, 0.6) is 0 Å². The molecule has 1 N–H and O–H groups in total. The van der Waals surface area contributed by atoms with Gasteiger partial charge in [-0.15, -0.1) is 0 Å². The van der Waals surface area contributed by atoms with Crippen LogP contribution in [0.4, 0.5) is 0 Å². The van der Waals surface area contributed by atoms with E-state index in [-0.39, 0.29) is 24.8 Å². The van der Waals surface area contributed by atoms with E-state index in [2.05, 4.69) is 26.1 Å². The molecule has 0 aliphatic heterocycles. The molecular weight excluding hydrogens is 456 g/mol. The summed E-state index contributed by atoms with van der Waals surface area (Å²) in [5, 5.41) is 3.63. The van der Waals surface area contributed by atoms with Gasteiger partial charge in [-0.2, -0.15) is 0 Å². The number of halogens is 1. The second-order valence-electron chi connectivity index (χ2n) is 9.55. The van der Waals surface area contributed by atoms with Gasteiger partial charge in [0.2, 0.25) is 11.8 Å². The number of aryl methyl sites for hydroxylation is 2. The molecule has 0 saturated carbocycles. The maximum absolute atomic E-state index is 13.8. The van der Waals surface area contributed by atoms with Crippen molar-refractivity contribution < 1.29 is 9.59 Å². The largest absolute Gasteiger partial charge is 0.354 e. The molecular formula is C30H35ClN2O2. The standard InChI is InChI=1S/C30H35ClN2O2/c1-21(2)19-32-30(35)28(17-24-10-6-5-7-11-24)33(20-26-12-8-9-13-27(26)31)29(34)18-25-15-14-22(3)23(4)16-25/h5-16,21,28H,17-20H2,1-4H3,(H,32,35)/t28-/m0/s1. The number of rotatable bonds is 10. The second kappa shape index (κ2) is 12.6. The van der Waals surface area contributed by atoms with Crippen LogP contribution in [0.1, 0.15) is 41.7 Å². The third kappa shape index (κ3) is 7.69. The number of nitrogens with one attached hydrogen (secondary N) is 1. The minimum Gasteiger partial charge on any atom is -0.354 e. The SMILES string of the molecule is Cc1ccc(CC(=O)N(Cc2ccccc2Cl)[C@@H](Cc2ccccc2)C(=O)NCC(C)C)cc1C. The molecule has 0 unspecified atom stereocenters. The molecule has 3 aromatic carbocycles. The van der Waals surface area contributed by atoms with Crippen LogP contribution in [0.15, 0.2) is 72.8 Å². The van der Waals surface area contributed by atoms with E-state index in [4.69, 9.17) is 11.6 Å². The van der Waals surface area contributed by atoms with Crippen molar-refractivity contribution in [2.24, 2.45) is 5.92 Å². The van der Waals surface area contributed by atoms with Crippen molar-refractivity contribution in [1.82, 2.24) is 10.2 Å². The van der Waals surface area contributed by atoms with Crippen molar-refractivity contribution in [1.29, 1.82) is 0 Å². The molecule has 0 spiro atoms. The highest BCUT2D eigenvalue weighted by Gasteiger charge is 2.30. The fourth-order valence-corrected chi connectivity index (χ4v) is 4.17. The molecule has 3 aromatic rings. The molecule has 0 aromatic heterocycles. The van der Waals surface area contributed by atoms with Crippen LogP contribution in [0.3, 0.4) is 0 Å². The molecule has 0 radical (unpaired) electrons. The Morgan fingerprint density at radius 3 is 2.23 bits per heavy atom. The van der Waals surface area contributed by atoms with Gasteiger partial charge in [-0.1, -0.05) is 92.2 Å². The van der Waals surface area contributed by atoms with E-state index in [1.165, 1.54) is 5.56 Å². The summed E-state index contributed by atoms with van der Waals surface area (Å²) in [5.41, 5.74) is 5.08. The van der Waals surface area contributed by atoms with Gasteiger partial charge in [0, 0.05) is 24.5 Å². The van der Waals surface area contributed by atoms with Gasteiger partial charge in [0.1, 0.15) is 6.04 Å². The number of carbonyl (C=O) groups is 2. The minimum absolute atomic E-state index is 0.103. The lowest BCUT2D eigenvalue weighted by Crippen LogP contribution is -2.51. The predicted octanol–water partition coefficient (Wildman–Crippen LogP) is 5.91. The lowest BCUT2D eigenvalue weighted by Gasteiger charge is -2.32. The van der Waals surface area contributed by atoms with Crippen LogP contribution in [0, 0.1) is 19.8 Å². The van der Waals surface area contributed by atoms with E-state index in [9.17, 15) is 9.59 Å². The van der Waals surface area contributed by atoms with Gasteiger partial charge in [0.25, 0.3) is 0 Å². The van der Waals surface area contributed by atoms with Crippen molar-refractivity contribution in [3.63, 3.8) is 0 Å². The summed E-state index contributed by atoms with van der Waals surface area (Å²) in [6, 6.07) is 22.7. The molecule has 0 aliphatic rings. The summed E-state index contributed by atoms with van der Waals surface area (Å²) >= 11 is 6.48. The maximum Gasteiger partial charge on any atom is 0.243 e. The predicted molar refractivity (Wildman–Crippen MR) is 143 cm³/mol. The molecule has 2 amide bonds. The van der Waals surface area contributed by atoms with Crippen molar-refractivity contribution in [3.05, 3.63) is 106 Å². The number of nitrogens with zero attached hydrogens (tertiary/aromatic N) is 1. The van der Waals surface area contributed by atoms with Crippen molar-refractivity contribution >= 4 is 23.4 Å². The molecule has 0 bridgehead atoms. The first-order valence-corrected chi connectivity index (χ1v) is 12.5. The van der Waals surface area contributed by atoms with E-state index in [1.807, 2.05) is 79.7 Å². The fraction of sp³-hybridized carbons (Fsp3) is 0.333. The Kier molecular flexibility index (Phi) is 9.50. The summed E-state index contributed by atoms with van der Waals surface area (Å²) in [4.78, 5) is 29.0. The minimum atomic E-state index is -0.661. The summed E-state index contributed by atoms with van der Waals surface area (Å²) in [6.45, 7) is 9.02. The zero-order valence-electron chi connectivity index (χ0n) is 21.1. The van der Waals surface area contributed by atoms with Crippen molar-refractivity contribution in [3.8, 4) is 0 Å². The van der Waals surface area contributed by atoms with Crippen molar-refractivity contribution in [2.45, 2.75) is 53.1 Å². The molecule has 184 valence electrons. The molecule has 0 heterocycles. The number of hydrogen-bond donors (Lipinski definition) is 1. The van der Waals surface area contributed by atoms with E-state index in [1.54, 1.807) is 4.90 Å². The zero-order chi connectivity index (χ0) is 25.4. The Morgan fingerprint density at radius 2 is 1.57 bits per heavy atom. The first kappa shape index (κ1) is 26.5. The van der Waals surface area contributed by atoms with E-state index < -0.39 is 6.04 Å². The molecule has 0 saturated heterocycles. The Bertz CT molecular complexity index is 1140. The topological polar surface area (TPSA) is 49.4 Å². The molecule has 3 rings (SSSR count).